The molecule has 0 saturated carbocycles. The lowest BCUT2D eigenvalue weighted by molar-refractivity contribution is -0.124. The Morgan fingerprint density at radius 3 is 2.69 bits per heavy atom. The van der Waals surface area contributed by atoms with Gasteiger partial charge in [-0.05, 0) is 25.0 Å². The lowest BCUT2D eigenvalue weighted by Crippen LogP contribution is -2.35. The van der Waals surface area contributed by atoms with Crippen LogP contribution in [0.3, 0.4) is 0 Å². The molecule has 0 bridgehead atoms. The molecule has 1 N–H and O–H groups in total. The number of thioether (sulfide) groups is 1. The Bertz CT molecular complexity index is 1150. The van der Waals surface area contributed by atoms with E-state index in [1.54, 1.807) is 4.57 Å². The summed E-state index contributed by atoms with van der Waals surface area (Å²) in [6.07, 6.45) is 0. The molecule has 150 valence electrons. The minimum absolute atomic E-state index is 0.0451. The fourth-order valence-corrected chi connectivity index (χ4v) is 5.18. The second-order valence-corrected chi connectivity index (χ2v) is 8.95. The number of aromatic nitrogens is 2. The Morgan fingerprint density at radius 1 is 1.24 bits per heavy atom. The number of amides is 3. The normalized spacial score (nSPS) is 13.9. The van der Waals surface area contributed by atoms with Crippen molar-refractivity contribution in [1.29, 1.82) is 0 Å². The average Bonchev–Trinajstić information content (AvgIpc) is 3.26. The van der Waals surface area contributed by atoms with E-state index >= 15 is 0 Å². The molecule has 29 heavy (non-hydrogen) atoms. The number of nitrogens with one attached hydrogen (secondary N) is 1. The number of carbonyl (C=O) groups is 2. The van der Waals surface area contributed by atoms with Crippen molar-refractivity contribution >= 4 is 45.3 Å². The molecule has 3 amide bonds. The topological polar surface area (TPSA) is 84.3 Å². The molecule has 4 rings (SSSR count). The number of imide groups is 1. The van der Waals surface area contributed by atoms with E-state index in [4.69, 9.17) is 4.98 Å². The standard InChI is InChI=1S/C20H20N4O3S2/c1-12-13(2)29-17-16(12)18(26)24(10-14-6-4-3-5-7-14)20(22-17)28-11-15(25)23-9-8-21-19(23)27/h3-7H,8-11H2,1-2H3,(H,21,27). The van der Waals surface area contributed by atoms with Crippen molar-refractivity contribution in [3.8, 4) is 0 Å². The maximum atomic E-state index is 13.3. The highest BCUT2D eigenvalue weighted by Gasteiger charge is 2.26. The van der Waals surface area contributed by atoms with Gasteiger partial charge in [-0.25, -0.2) is 9.78 Å². The summed E-state index contributed by atoms with van der Waals surface area (Å²) in [6, 6.07) is 9.32. The molecule has 0 spiro atoms. The van der Waals surface area contributed by atoms with Crippen molar-refractivity contribution < 1.29 is 9.59 Å². The molecule has 3 heterocycles. The van der Waals surface area contributed by atoms with E-state index in [9.17, 15) is 14.4 Å². The summed E-state index contributed by atoms with van der Waals surface area (Å²) in [7, 11) is 0. The van der Waals surface area contributed by atoms with Gasteiger partial charge in [0.2, 0.25) is 5.91 Å². The first-order valence-electron chi connectivity index (χ1n) is 9.21. The maximum Gasteiger partial charge on any atom is 0.324 e. The molecule has 9 heteroatoms. The Kier molecular flexibility index (Phi) is 5.42. The first-order chi connectivity index (χ1) is 14.0. The van der Waals surface area contributed by atoms with Crippen LogP contribution in [0.4, 0.5) is 4.79 Å². The number of benzene rings is 1. The number of urea groups is 1. The number of hydrogen-bond acceptors (Lipinski definition) is 6. The van der Waals surface area contributed by atoms with Gasteiger partial charge < -0.3 is 5.32 Å². The van der Waals surface area contributed by atoms with E-state index in [1.807, 2.05) is 44.2 Å². The van der Waals surface area contributed by atoms with E-state index in [0.29, 0.717) is 35.0 Å². The fourth-order valence-electron chi connectivity index (χ4n) is 3.24. The van der Waals surface area contributed by atoms with Gasteiger partial charge in [0, 0.05) is 18.0 Å². The molecule has 1 saturated heterocycles. The third-order valence-corrected chi connectivity index (χ3v) is 6.98. The summed E-state index contributed by atoms with van der Waals surface area (Å²) in [4.78, 5) is 45.1. The predicted octanol–water partition coefficient (Wildman–Crippen LogP) is 2.77. The quantitative estimate of drug-likeness (QED) is 0.499. The summed E-state index contributed by atoms with van der Waals surface area (Å²) in [5.74, 6) is -0.243. The van der Waals surface area contributed by atoms with Crippen LogP contribution in [0.1, 0.15) is 16.0 Å². The molecule has 0 atom stereocenters. The number of carbonyl (C=O) groups excluding carboxylic acids is 2. The van der Waals surface area contributed by atoms with Crippen molar-refractivity contribution in [2.24, 2.45) is 0 Å². The molecule has 7 nitrogen and oxygen atoms in total. The largest absolute Gasteiger partial charge is 0.336 e. The Morgan fingerprint density at radius 2 is 2.00 bits per heavy atom. The van der Waals surface area contributed by atoms with E-state index in [1.165, 1.54) is 28.0 Å². The summed E-state index contributed by atoms with van der Waals surface area (Å²) >= 11 is 2.68. The number of nitrogens with zero attached hydrogens (tertiary/aromatic N) is 3. The SMILES string of the molecule is Cc1sc2nc(SCC(=O)N3CCNC3=O)n(Cc3ccccc3)c(=O)c2c1C. The molecule has 2 aromatic heterocycles. The Hall–Kier alpha value is -2.65. The average molecular weight is 429 g/mol. The fraction of sp³-hybridized carbons (Fsp3) is 0.300. The van der Waals surface area contributed by atoms with Crippen LogP contribution >= 0.6 is 23.1 Å². The zero-order valence-electron chi connectivity index (χ0n) is 16.1. The molecule has 1 aromatic carbocycles. The van der Waals surface area contributed by atoms with Crippen LogP contribution in [0.2, 0.25) is 0 Å². The molecule has 3 aromatic rings. The summed E-state index contributed by atoms with van der Waals surface area (Å²) in [5.41, 5.74) is 1.83. The van der Waals surface area contributed by atoms with Gasteiger partial charge in [0.1, 0.15) is 4.83 Å². The van der Waals surface area contributed by atoms with Crippen molar-refractivity contribution in [2.75, 3.05) is 18.8 Å². The van der Waals surface area contributed by atoms with Gasteiger partial charge in [0.25, 0.3) is 5.56 Å². The second kappa shape index (κ2) is 8.00. The van der Waals surface area contributed by atoms with E-state index in [-0.39, 0.29) is 23.3 Å². The Balaban J connectivity index is 1.71. The molecule has 0 radical (unpaired) electrons. The van der Waals surface area contributed by atoms with Crippen LogP contribution in [0.25, 0.3) is 10.2 Å². The van der Waals surface area contributed by atoms with Crippen LogP contribution in [-0.4, -0.2) is 45.2 Å². The smallest absolute Gasteiger partial charge is 0.324 e. The zero-order chi connectivity index (χ0) is 20.5. The van der Waals surface area contributed by atoms with Gasteiger partial charge in [-0.2, -0.15) is 0 Å². The zero-order valence-corrected chi connectivity index (χ0v) is 17.7. The summed E-state index contributed by atoms with van der Waals surface area (Å²) in [5, 5.41) is 3.75. The molecular formula is C20H20N4O3S2. The van der Waals surface area contributed by atoms with Gasteiger partial charge in [-0.3, -0.25) is 19.1 Å². The molecule has 0 aliphatic carbocycles. The number of thiophene rings is 1. The molecule has 1 aliphatic rings. The van der Waals surface area contributed by atoms with Crippen LogP contribution in [0.5, 0.6) is 0 Å². The van der Waals surface area contributed by atoms with Crippen LogP contribution < -0.4 is 10.9 Å². The van der Waals surface area contributed by atoms with Crippen molar-refractivity contribution in [1.82, 2.24) is 19.8 Å². The first-order valence-corrected chi connectivity index (χ1v) is 11.0. The second-order valence-electron chi connectivity index (χ2n) is 6.80. The van der Waals surface area contributed by atoms with Gasteiger partial charge in [-0.1, -0.05) is 42.1 Å². The lowest BCUT2D eigenvalue weighted by atomic mass is 10.2. The number of hydrogen-bond donors (Lipinski definition) is 1. The van der Waals surface area contributed by atoms with Gasteiger partial charge in [0.15, 0.2) is 5.16 Å². The lowest BCUT2D eigenvalue weighted by Gasteiger charge is -2.14. The van der Waals surface area contributed by atoms with Crippen LogP contribution in [0.15, 0.2) is 40.3 Å². The monoisotopic (exact) mass is 428 g/mol. The number of fused-ring (bicyclic) bond motifs is 1. The van der Waals surface area contributed by atoms with E-state index in [0.717, 1.165) is 16.0 Å². The Labute approximate surface area is 175 Å². The van der Waals surface area contributed by atoms with Crippen molar-refractivity contribution in [3.05, 3.63) is 56.7 Å². The molecular weight excluding hydrogens is 408 g/mol. The minimum atomic E-state index is -0.370. The number of aryl methyl sites for hydroxylation is 2. The highest BCUT2D eigenvalue weighted by molar-refractivity contribution is 7.99. The van der Waals surface area contributed by atoms with Crippen LogP contribution in [0, 0.1) is 13.8 Å². The van der Waals surface area contributed by atoms with E-state index < -0.39 is 0 Å². The molecule has 1 aliphatic heterocycles. The third-order valence-electron chi connectivity index (χ3n) is 4.92. The predicted molar refractivity (Wildman–Crippen MR) is 115 cm³/mol. The first kappa shape index (κ1) is 19.7. The van der Waals surface area contributed by atoms with Gasteiger partial charge in [0.05, 0.1) is 17.7 Å². The van der Waals surface area contributed by atoms with Crippen LogP contribution in [-0.2, 0) is 11.3 Å². The van der Waals surface area contributed by atoms with Crippen molar-refractivity contribution in [3.63, 3.8) is 0 Å². The van der Waals surface area contributed by atoms with Gasteiger partial charge in [-0.15, -0.1) is 11.3 Å². The highest BCUT2D eigenvalue weighted by Crippen LogP contribution is 2.28. The summed E-state index contributed by atoms with van der Waals surface area (Å²) < 4.78 is 1.62. The third kappa shape index (κ3) is 3.79. The van der Waals surface area contributed by atoms with Crippen molar-refractivity contribution in [2.45, 2.75) is 25.5 Å². The molecule has 0 unspecified atom stereocenters. The maximum absolute atomic E-state index is 13.3. The molecule has 1 fully saturated rings. The summed E-state index contributed by atoms with van der Waals surface area (Å²) in [6.45, 7) is 5.12. The minimum Gasteiger partial charge on any atom is -0.336 e. The number of rotatable bonds is 5. The van der Waals surface area contributed by atoms with Gasteiger partial charge >= 0.3 is 6.03 Å². The van der Waals surface area contributed by atoms with E-state index in [2.05, 4.69) is 5.32 Å². The highest BCUT2D eigenvalue weighted by atomic mass is 32.2.